The molecule has 2 rings (SSSR count). The molecule has 104 valence electrons. The average Bonchev–Trinajstić information content (AvgIpc) is 2.89. The fourth-order valence-electron chi connectivity index (χ4n) is 2.00. The molecule has 2 N–H and O–H groups in total. The average molecular weight is 264 g/mol. The molecule has 0 saturated heterocycles. The maximum atomic E-state index is 11.8. The molecular formula is C13H20N4O2. The van der Waals surface area contributed by atoms with Crippen LogP contribution in [-0.2, 0) is 16.1 Å². The van der Waals surface area contributed by atoms with Gasteiger partial charge in [-0.3, -0.25) is 9.59 Å². The Morgan fingerprint density at radius 3 is 2.89 bits per heavy atom. The first-order valence-corrected chi connectivity index (χ1v) is 6.58. The number of H-pyrrole nitrogens is 1. The largest absolute Gasteiger partial charge is 0.355 e. The number of imidazole rings is 1. The number of amides is 2. The van der Waals surface area contributed by atoms with Crippen LogP contribution in [0.1, 0.15) is 25.6 Å². The second-order valence-electron chi connectivity index (χ2n) is 5.15. The van der Waals surface area contributed by atoms with E-state index in [1.165, 1.54) is 0 Å². The van der Waals surface area contributed by atoms with Gasteiger partial charge < -0.3 is 15.2 Å². The number of hydrogen-bond donors (Lipinski definition) is 2. The molecule has 19 heavy (non-hydrogen) atoms. The van der Waals surface area contributed by atoms with Gasteiger partial charge in [0.05, 0.1) is 6.54 Å². The Hall–Kier alpha value is -1.85. The summed E-state index contributed by atoms with van der Waals surface area (Å²) in [4.78, 5) is 32.0. The lowest BCUT2D eigenvalue weighted by atomic mass is 10.3. The zero-order chi connectivity index (χ0) is 13.8. The monoisotopic (exact) mass is 264 g/mol. The van der Waals surface area contributed by atoms with Gasteiger partial charge in [0.15, 0.2) is 0 Å². The van der Waals surface area contributed by atoms with Crippen LogP contribution < -0.4 is 5.32 Å². The fourth-order valence-corrected chi connectivity index (χ4v) is 2.00. The van der Waals surface area contributed by atoms with E-state index in [9.17, 15) is 9.59 Å². The number of aromatic amines is 1. The van der Waals surface area contributed by atoms with Gasteiger partial charge in [-0.05, 0) is 12.3 Å². The molecule has 1 aliphatic carbocycles. The van der Waals surface area contributed by atoms with Crippen molar-refractivity contribution >= 4 is 11.8 Å². The quantitative estimate of drug-likeness (QED) is 0.786. The fraction of sp³-hybridized carbons (Fsp3) is 0.615. The minimum Gasteiger partial charge on any atom is -0.355 e. The summed E-state index contributed by atoms with van der Waals surface area (Å²) >= 11 is 0. The maximum Gasteiger partial charge on any atom is 0.224 e. The minimum atomic E-state index is 0.000505. The van der Waals surface area contributed by atoms with Crippen LogP contribution in [0, 0.1) is 11.8 Å². The molecular weight excluding hydrogens is 244 g/mol. The summed E-state index contributed by atoms with van der Waals surface area (Å²) in [5.41, 5.74) is 0. The molecule has 0 aromatic carbocycles. The first-order valence-electron chi connectivity index (χ1n) is 6.58. The normalized spacial score (nSPS) is 20.9. The van der Waals surface area contributed by atoms with Crippen LogP contribution in [0.4, 0.5) is 0 Å². The lowest BCUT2D eigenvalue weighted by Gasteiger charge is -2.15. The molecule has 1 saturated carbocycles. The zero-order valence-electron chi connectivity index (χ0n) is 11.3. The van der Waals surface area contributed by atoms with E-state index in [-0.39, 0.29) is 17.7 Å². The molecule has 0 bridgehead atoms. The van der Waals surface area contributed by atoms with Crippen molar-refractivity contribution in [1.82, 2.24) is 20.2 Å². The third-order valence-corrected chi connectivity index (χ3v) is 3.45. The highest BCUT2D eigenvalue weighted by atomic mass is 16.2. The summed E-state index contributed by atoms with van der Waals surface area (Å²) in [6.45, 7) is 2.93. The van der Waals surface area contributed by atoms with Crippen molar-refractivity contribution in [3.63, 3.8) is 0 Å². The van der Waals surface area contributed by atoms with E-state index in [1.807, 2.05) is 0 Å². The van der Waals surface area contributed by atoms with Crippen LogP contribution in [0.5, 0.6) is 0 Å². The van der Waals surface area contributed by atoms with Crippen LogP contribution in [-0.4, -0.2) is 40.3 Å². The molecule has 0 radical (unpaired) electrons. The topological polar surface area (TPSA) is 78.1 Å². The molecule has 1 fully saturated rings. The molecule has 1 aromatic heterocycles. The number of aromatic nitrogens is 2. The van der Waals surface area contributed by atoms with E-state index in [0.29, 0.717) is 25.4 Å². The van der Waals surface area contributed by atoms with E-state index in [2.05, 4.69) is 22.2 Å². The van der Waals surface area contributed by atoms with Gasteiger partial charge in [0, 0.05) is 38.3 Å². The minimum absolute atomic E-state index is 0.000505. The molecule has 1 heterocycles. The van der Waals surface area contributed by atoms with Crippen LogP contribution >= 0.6 is 0 Å². The maximum absolute atomic E-state index is 11.8. The van der Waals surface area contributed by atoms with E-state index in [0.717, 1.165) is 12.2 Å². The van der Waals surface area contributed by atoms with Crippen molar-refractivity contribution in [2.24, 2.45) is 11.8 Å². The molecule has 2 amide bonds. The molecule has 6 heteroatoms. The zero-order valence-corrected chi connectivity index (χ0v) is 11.3. The van der Waals surface area contributed by atoms with Gasteiger partial charge in [-0.15, -0.1) is 0 Å². The Morgan fingerprint density at radius 1 is 1.58 bits per heavy atom. The number of nitrogens with one attached hydrogen (secondary N) is 2. The third kappa shape index (κ3) is 3.81. The highest BCUT2D eigenvalue weighted by Gasteiger charge is 2.38. The predicted molar refractivity (Wildman–Crippen MR) is 70.0 cm³/mol. The smallest absolute Gasteiger partial charge is 0.224 e. The molecule has 1 aliphatic rings. The lowest BCUT2D eigenvalue weighted by molar-refractivity contribution is -0.130. The lowest BCUT2D eigenvalue weighted by Crippen LogP contribution is -2.32. The van der Waals surface area contributed by atoms with Crippen LogP contribution in [0.2, 0.25) is 0 Å². The summed E-state index contributed by atoms with van der Waals surface area (Å²) < 4.78 is 0. The van der Waals surface area contributed by atoms with Gasteiger partial charge in [-0.1, -0.05) is 6.92 Å². The summed E-state index contributed by atoms with van der Waals surface area (Å²) in [6.07, 6.45) is 4.68. The Labute approximate surface area is 112 Å². The standard InChI is InChI=1S/C13H20N4O2/c1-9-7-10(9)13(19)16-4-3-12(18)17(2)8-11-14-5-6-15-11/h5-6,9-10H,3-4,7-8H2,1-2H3,(H,14,15)(H,16,19). The van der Waals surface area contributed by atoms with E-state index < -0.39 is 0 Å². The van der Waals surface area contributed by atoms with Gasteiger partial charge in [-0.2, -0.15) is 0 Å². The highest BCUT2D eigenvalue weighted by Crippen LogP contribution is 2.37. The predicted octanol–water partition coefficient (Wildman–Crippen LogP) is 0.530. The first kappa shape index (κ1) is 13.6. The van der Waals surface area contributed by atoms with E-state index in [4.69, 9.17) is 0 Å². The van der Waals surface area contributed by atoms with Crippen molar-refractivity contribution < 1.29 is 9.59 Å². The summed E-state index contributed by atoms with van der Waals surface area (Å²) in [5, 5.41) is 2.81. The van der Waals surface area contributed by atoms with Gasteiger partial charge in [-0.25, -0.2) is 4.98 Å². The Bertz CT molecular complexity index is 444. The van der Waals surface area contributed by atoms with Crippen molar-refractivity contribution in [3.05, 3.63) is 18.2 Å². The van der Waals surface area contributed by atoms with Crippen LogP contribution in [0.15, 0.2) is 12.4 Å². The molecule has 0 aliphatic heterocycles. The van der Waals surface area contributed by atoms with E-state index in [1.54, 1.807) is 24.3 Å². The Morgan fingerprint density at radius 2 is 2.32 bits per heavy atom. The second-order valence-corrected chi connectivity index (χ2v) is 5.15. The number of nitrogens with zero attached hydrogens (tertiary/aromatic N) is 2. The van der Waals surface area contributed by atoms with E-state index >= 15 is 0 Å². The van der Waals surface area contributed by atoms with Crippen molar-refractivity contribution in [2.75, 3.05) is 13.6 Å². The highest BCUT2D eigenvalue weighted by molar-refractivity contribution is 5.82. The third-order valence-electron chi connectivity index (χ3n) is 3.45. The number of hydrogen-bond acceptors (Lipinski definition) is 3. The second kappa shape index (κ2) is 5.86. The Balaban J connectivity index is 1.65. The molecule has 0 spiro atoms. The molecule has 6 nitrogen and oxygen atoms in total. The van der Waals surface area contributed by atoms with Gasteiger partial charge in [0.2, 0.25) is 11.8 Å². The number of rotatable bonds is 6. The molecule has 1 aromatic rings. The summed E-state index contributed by atoms with van der Waals surface area (Å²) in [5.74, 6) is 1.49. The van der Waals surface area contributed by atoms with Gasteiger partial charge in [0.1, 0.15) is 5.82 Å². The number of carbonyl (C=O) groups is 2. The van der Waals surface area contributed by atoms with Gasteiger partial charge in [0.25, 0.3) is 0 Å². The van der Waals surface area contributed by atoms with Crippen molar-refractivity contribution in [3.8, 4) is 0 Å². The van der Waals surface area contributed by atoms with Crippen molar-refractivity contribution in [2.45, 2.75) is 26.3 Å². The molecule has 2 unspecified atom stereocenters. The van der Waals surface area contributed by atoms with Gasteiger partial charge >= 0.3 is 0 Å². The van der Waals surface area contributed by atoms with Crippen molar-refractivity contribution in [1.29, 1.82) is 0 Å². The SMILES string of the molecule is CC1CC1C(=O)NCCC(=O)N(C)Cc1ncc[nH]1. The Kier molecular flexibility index (Phi) is 4.19. The first-order chi connectivity index (χ1) is 9.08. The summed E-state index contributed by atoms with van der Waals surface area (Å²) in [6, 6.07) is 0. The van der Waals surface area contributed by atoms with Crippen LogP contribution in [0.25, 0.3) is 0 Å². The van der Waals surface area contributed by atoms with Crippen LogP contribution in [0.3, 0.4) is 0 Å². The summed E-state index contributed by atoms with van der Waals surface area (Å²) in [7, 11) is 1.73. The molecule has 2 atom stereocenters. The number of carbonyl (C=O) groups excluding carboxylic acids is 2.